The molecule has 0 aliphatic carbocycles. The van der Waals surface area contributed by atoms with Gasteiger partial charge >= 0.3 is 11.9 Å². The van der Waals surface area contributed by atoms with Crippen LogP contribution in [0.4, 0.5) is 0 Å². The van der Waals surface area contributed by atoms with Crippen molar-refractivity contribution in [3.05, 3.63) is 47.7 Å². The highest BCUT2D eigenvalue weighted by Gasteiger charge is 2.35. The van der Waals surface area contributed by atoms with Crippen molar-refractivity contribution in [3.63, 3.8) is 0 Å². The van der Waals surface area contributed by atoms with Gasteiger partial charge in [-0.25, -0.2) is 5.43 Å². The van der Waals surface area contributed by atoms with Crippen LogP contribution in [0.3, 0.4) is 0 Å². The van der Waals surface area contributed by atoms with E-state index in [4.69, 9.17) is 14.5 Å². The zero-order chi connectivity index (χ0) is 37.6. The Labute approximate surface area is 296 Å². The fraction of sp³-hybridized carbons (Fsp3) is 0.579. The fourth-order valence-corrected chi connectivity index (χ4v) is 5.69. The average Bonchev–Trinajstić information content (AvgIpc) is 3.06. The molecule has 4 atom stereocenters. The monoisotopic (exact) mass is 693 g/mol. The van der Waals surface area contributed by atoms with Crippen molar-refractivity contribution in [1.29, 1.82) is 0 Å². The Kier molecular flexibility index (Phi) is 13.3. The van der Waals surface area contributed by atoms with Crippen LogP contribution in [0.2, 0.25) is 0 Å². The van der Waals surface area contributed by atoms with Gasteiger partial charge in [-0.15, -0.1) is 0 Å². The highest BCUT2D eigenvalue weighted by Crippen LogP contribution is 2.26. The first-order valence-corrected chi connectivity index (χ1v) is 17.3. The third-order valence-electron chi connectivity index (χ3n) is 8.93. The van der Waals surface area contributed by atoms with E-state index in [1.54, 1.807) is 59.6 Å². The minimum Gasteiger partial charge on any atom is -0.468 e. The molecule has 1 saturated heterocycles. The molecule has 0 saturated carbocycles. The van der Waals surface area contributed by atoms with E-state index in [1.807, 2.05) is 57.2 Å². The largest absolute Gasteiger partial charge is 0.468 e. The summed E-state index contributed by atoms with van der Waals surface area (Å²) in [7, 11) is 3.08. The molecule has 1 aliphatic rings. The number of hydrogen-bond donors (Lipinski definition) is 2. The van der Waals surface area contributed by atoms with E-state index in [-0.39, 0.29) is 36.2 Å². The van der Waals surface area contributed by atoms with Crippen molar-refractivity contribution in [2.45, 2.75) is 105 Å². The molecule has 2 heterocycles. The van der Waals surface area contributed by atoms with Crippen LogP contribution in [0.1, 0.15) is 98.9 Å². The number of hydrogen-bond acceptors (Lipinski definition) is 9. The van der Waals surface area contributed by atoms with E-state index in [0.717, 1.165) is 16.5 Å². The predicted molar refractivity (Wildman–Crippen MR) is 192 cm³/mol. The molecular formula is C38H55N5O7. The summed E-state index contributed by atoms with van der Waals surface area (Å²) in [5.74, 6) is -2.58. The maximum absolute atomic E-state index is 13.7. The number of benzene rings is 1. The van der Waals surface area contributed by atoms with Gasteiger partial charge in [0.2, 0.25) is 11.8 Å². The topological polar surface area (TPSA) is 147 Å². The van der Waals surface area contributed by atoms with Crippen LogP contribution < -0.4 is 10.7 Å². The van der Waals surface area contributed by atoms with Gasteiger partial charge in [-0.2, -0.15) is 0 Å². The number of hydrazine groups is 1. The Morgan fingerprint density at radius 1 is 1.06 bits per heavy atom. The molecule has 50 heavy (non-hydrogen) atoms. The van der Waals surface area contributed by atoms with Crippen molar-refractivity contribution in [1.82, 2.24) is 25.6 Å². The summed E-state index contributed by atoms with van der Waals surface area (Å²) in [5, 5.41) is 5.11. The predicted octanol–water partition coefficient (Wildman–Crippen LogP) is 4.97. The van der Waals surface area contributed by atoms with Crippen molar-refractivity contribution in [2.75, 3.05) is 20.7 Å². The number of esters is 2. The minimum absolute atomic E-state index is 0.0929. The number of pyridine rings is 1. The van der Waals surface area contributed by atoms with Gasteiger partial charge in [0.05, 0.1) is 42.1 Å². The number of likely N-dealkylation sites (N-methyl/N-ethyl adjacent to an activating group) is 1. The number of rotatable bonds is 12. The summed E-state index contributed by atoms with van der Waals surface area (Å²) in [6.07, 6.45) is 4.71. The lowest BCUT2D eigenvalue weighted by Gasteiger charge is -2.37. The Morgan fingerprint density at radius 2 is 1.72 bits per heavy atom. The molecule has 1 aromatic heterocycles. The Morgan fingerprint density at radius 3 is 2.34 bits per heavy atom. The number of nitrogens with one attached hydrogen (secondary N) is 2. The van der Waals surface area contributed by atoms with Crippen molar-refractivity contribution in [3.8, 4) is 0 Å². The minimum atomic E-state index is -0.881. The molecule has 1 fully saturated rings. The second-order valence-corrected chi connectivity index (χ2v) is 15.0. The first-order valence-electron chi connectivity index (χ1n) is 17.3. The quantitative estimate of drug-likeness (QED) is 0.294. The van der Waals surface area contributed by atoms with E-state index < -0.39 is 40.9 Å². The van der Waals surface area contributed by atoms with Gasteiger partial charge in [0.15, 0.2) is 0 Å². The van der Waals surface area contributed by atoms with Gasteiger partial charge < -0.3 is 19.7 Å². The molecule has 12 nitrogen and oxygen atoms in total. The molecule has 0 bridgehead atoms. The Bertz CT molecular complexity index is 1600. The first kappa shape index (κ1) is 40.1. The highest BCUT2D eigenvalue weighted by molar-refractivity contribution is 5.90. The summed E-state index contributed by atoms with van der Waals surface area (Å²) in [6, 6.07) is 7.81. The number of aromatic nitrogens is 1. The molecule has 2 aromatic rings. The molecule has 1 aliphatic heterocycles. The lowest BCUT2D eigenvalue weighted by atomic mass is 9.91. The second-order valence-electron chi connectivity index (χ2n) is 15.0. The van der Waals surface area contributed by atoms with E-state index in [9.17, 15) is 24.0 Å². The molecule has 0 unspecified atom stereocenters. The van der Waals surface area contributed by atoms with Crippen LogP contribution in [-0.2, 0) is 33.4 Å². The lowest BCUT2D eigenvalue weighted by Crippen LogP contribution is -2.61. The number of nitrogens with zero attached hydrogens (tertiary/aromatic N) is 3. The van der Waals surface area contributed by atoms with Crippen molar-refractivity contribution in [2.24, 2.45) is 17.3 Å². The van der Waals surface area contributed by atoms with Crippen LogP contribution in [-0.4, -0.2) is 82.9 Å². The molecule has 1 aromatic carbocycles. The smallest absolute Gasteiger partial charge is 0.315 e. The normalized spacial score (nSPS) is 17.3. The molecule has 12 heteroatoms. The fourth-order valence-electron chi connectivity index (χ4n) is 5.69. The average molecular weight is 694 g/mol. The van der Waals surface area contributed by atoms with Gasteiger partial charge in [0, 0.05) is 19.0 Å². The zero-order valence-corrected chi connectivity index (χ0v) is 31.5. The molecule has 274 valence electrons. The van der Waals surface area contributed by atoms with Crippen molar-refractivity contribution < 1.29 is 33.4 Å². The summed E-state index contributed by atoms with van der Waals surface area (Å²) in [6.45, 7) is 16.5. The van der Waals surface area contributed by atoms with Crippen LogP contribution >= 0.6 is 0 Å². The molecule has 0 spiro atoms. The van der Waals surface area contributed by atoms with E-state index in [0.29, 0.717) is 25.1 Å². The van der Waals surface area contributed by atoms with Crippen LogP contribution in [0, 0.1) is 17.3 Å². The number of ether oxygens (including phenoxy) is 2. The Balaban J connectivity index is 1.66. The number of carbonyl (C=O) groups is 5. The number of methoxy groups -OCH3 is 1. The molecule has 0 radical (unpaired) electrons. The summed E-state index contributed by atoms with van der Waals surface area (Å²) < 4.78 is 10.3. The maximum Gasteiger partial charge on any atom is 0.315 e. The van der Waals surface area contributed by atoms with E-state index in [1.165, 1.54) is 12.1 Å². The van der Waals surface area contributed by atoms with E-state index >= 15 is 0 Å². The molecule has 3 amide bonds. The number of amides is 3. The van der Waals surface area contributed by atoms with Crippen LogP contribution in [0.5, 0.6) is 0 Å². The Hall–Kier alpha value is -4.32. The summed E-state index contributed by atoms with van der Waals surface area (Å²) in [4.78, 5) is 71.3. The second kappa shape index (κ2) is 16.6. The van der Waals surface area contributed by atoms with E-state index in [2.05, 4.69) is 10.7 Å². The standard InChI is InChI=1S/C38H55N5O7/c1-23(2)28(22-32(44)50-37(5,6)7)33(45)39-24(3)34(46)43-20-12-13-30(41-43)35(47)42(10)25(4)29-17-16-27-15-14-26(21-31(27)40-29)18-19-38(8,9)36(48)49-11/h14-19,21,23-25,28,30,41H,12-13,20,22H2,1-11H3,(H,39,45)/b19-18+/t24-,25+,28-,30-/m0/s1. The SMILES string of the molecule is COC(=O)C(C)(C)/C=C/c1ccc2ccc([C@@H](C)N(C)C(=O)[C@@H]3CCCN(C(=O)[C@H](C)NC(=O)[C@@H](CC(=O)OC(C)(C)C)C(C)C)N3)nc2c1. The maximum atomic E-state index is 13.7. The van der Waals surface area contributed by atoms with Gasteiger partial charge in [0.25, 0.3) is 5.91 Å². The van der Waals surface area contributed by atoms with Gasteiger partial charge in [-0.3, -0.25) is 34.0 Å². The zero-order valence-electron chi connectivity index (χ0n) is 31.5. The highest BCUT2D eigenvalue weighted by atomic mass is 16.6. The lowest BCUT2D eigenvalue weighted by molar-refractivity contribution is -0.158. The molecule has 2 N–H and O–H groups in total. The third-order valence-corrected chi connectivity index (χ3v) is 8.93. The third kappa shape index (κ3) is 10.6. The summed E-state index contributed by atoms with van der Waals surface area (Å²) >= 11 is 0. The van der Waals surface area contributed by atoms with Gasteiger partial charge in [-0.1, -0.05) is 44.2 Å². The van der Waals surface area contributed by atoms with Gasteiger partial charge in [-0.05, 0) is 84.9 Å². The van der Waals surface area contributed by atoms with Crippen molar-refractivity contribution >= 4 is 46.6 Å². The molecular weight excluding hydrogens is 638 g/mol. The number of carbonyl (C=O) groups excluding carboxylic acids is 5. The van der Waals surface area contributed by atoms with Crippen LogP contribution in [0.15, 0.2) is 36.4 Å². The summed E-state index contributed by atoms with van der Waals surface area (Å²) in [5.41, 5.74) is 3.97. The van der Waals surface area contributed by atoms with Crippen LogP contribution in [0.25, 0.3) is 17.0 Å². The molecule has 3 rings (SSSR count). The first-order chi connectivity index (χ1) is 23.2. The van der Waals surface area contributed by atoms with Gasteiger partial charge in [0.1, 0.15) is 17.7 Å². The number of fused-ring (bicyclic) bond motifs is 1.